The molecule has 1 heterocycles. The Bertz CT molecular complexity index is 405. The van der Waals surface area contributed by atoms with Gasteiger partial charge in [-0.1, -0.05) is 0 Å². The molecule has 0 atom stereocenters. The lowest BCUT2D eigenvalue weighted by atomic mass is 10.4. The normalized spacial score (nSPS) is 10.0. The summed E-state index contributed by atoms with van der Waals surface area (Å²) in [5, 5.41) is 11.7. The molecule has 0 bridgehead atoms. The quantitative estimate of drug-likeness (QED) is 0.842. The molecule has 0 radical (unpaired) electrons. The number of aliphatic carboxylic acids is 1. The molecule has 1 rings (SSSR count). The molecule has 0 unspecified atom stereocenters. The molecule has 0 saturated carbocycles. The SMILES string of the molecule is CCN(CCC(=O)O)C(=O)Nc1ncc(C)s1. The third-order valence-electron chi connectivity index (χ3n) is 2.10. The number of urea groups is 1. The highest BCUT2D eigenvalue weighted by molar-refractivity contribution is 7.15. The fourth-order valence-electron chi connectivity index (χ4n) is 1.22. The van der Waals surface area contributed by atoms with Crippen molar-refractivity contribution in [1.29, 1.82) is 0 Å². The van der Waals surface area contributed by atoms with Crippen LogP contribution in [0.5, 0.6) is 0 Å². The highest BCUT2D eigenvalue weighted by Gasteiger charge is 2.14. The van der Waals surface area contributed by atoms with Crippen molar-refractivity contribution in [2.45, 2.75) is 20.3 Å². The number of carboxylic acid groups (broad SMARTS) is 1. The van der Waals surface area contributed by atoms with Crippen LogP contribution >= 0.6 is 11.3 Å². The summed E-state index contributed by atoms with van der Waals surface area (Å²) in [7, 11) is 0. The van der Waals surface area contributed by atoms with Crippen molar-refractivity contribution in [3.63, 3.8) is 0 Å². The largest absolute Gasteiger partial charge is 0.481 e. The summed E-state index contributed by atoms with van der Waals surface area (Å²) >= 11 is 1.38. The number of hydrogen-bond acceptors (Lipinski definition) is 4. The van der Waals surface area contributed by atoms with Gasteiger partial charge in [0.05, 0.1) is 6.42 Å². The zero-order valence-corrected chi connectivity index (χ0v) is 10.6. The Morgan fingerprint density at radius 1 is 1.59 bits per heavy atom. The van der Waals surface area contributed by atoms with Gasteiger partial charge in [0.15, 0.2) is 5.13 Å². The first kappa shape index (κ1) is 13.4. The Kier molecular flexibility index (Phi) is 4.89. The lowest BCUT2D eigenvalue weighted by Crippen LogP contribution is -2.36. The number of nitrogens with zero attached hydrogens (tertiary/aromatic N) is 2. The molecular weight excluding hydrogens is 242 g/mol. The Morgan fingerprint density at radius 3 is 2.76 bits per heavy atom. The molecule has 0 aromatic carbocycles. The van der Waals surface area contributed by atoms with Crippen LogP contribution in [0.1, 0.15) is 18.2 Å². The topological polar surface area (TPSA) is 82.5 Å². The highest BCUT2D eigenvalue weighted by Crippen LogP contribution is 2.16. The summed E-state index contributed by atoms with van der Waals surface area (Å²) in [5.41, 5.74) is 0. The van der Waals surface area contributed by atoms with Gasteiger partial charge in [0.25, 0.3) is 0 Å². The third-order valence-corrected chi connectivity index (χ3v) is 2.93. The van der Waals surface area contributed by atoms with Crippen molar-refractivity contribution in [2.75, 3.05) is 18.4 Å². The summed E-state index contributed by atoms with van der Waals surface area (Å²) in [5.74, 6) is -0.915. The Balaban J connectivity index is 2.51. The maximum Gasteiger partial charge on any atom is 0.323 e. The van der Waals surface area contributed by atoms with E-state index in [1.165, 1.54) is 16.2 Å². The number of anilines is 1. The van der Waals surface area contributed by atoms with Gasteiger partial charge < -0.3 is 10.0 Å². The second-order valence-corrected chi connectivity index (χ2v) is 4.66. The van der Waals surface area contributed by atoms with Crippen molar-refractivity contribution in [1.82, 2.24) is 9.88 Å². The summed E-state index contributed by atoms with van der Waals surface area (Å²) < 4.78 is 0. The van der Waals surface area contributed by atoms with Crippen LogP contribution in [0.15, 0.2) is 6.20 Å². The van der Waals surface area contributed by atoms with Gasteiger partial charge in [-0.05, 0) is 13.8 Å². The smallest absolute Gasteiger partial charge is 0.323 e. The number of amides is 2. The predicted octanol–water partition coefficient (Wildman–Crippen LogP) is 1.78. The van der Waals surface area contributed by atoms with Gasteiger partial charge in [0, 0.05) is 24.2 Å². The second kappa shape index (κ2) is 6.19. The average molecular weight is 257 g/mol. The van der Waals surface area contributed by atoms with Crippen LogP contribution < -0.4 is 5.32 Å². The molecular formula is C10H15N3O3S. The number of carbonyl (C=O) groups excluding carboxylic acids is 1. The molecule has 0 aliphatic rings. The molecule has 0 saturated heterocycles. The predicted molar refractivity (Wildman–Crippen MR) is 65.4 cm³/mol. The van der Waals surface area contributed by atoms with Gasteiger partial charge in [-0.2, -0.15) is 0 Å². The molecule has 1 aromatic rings. The molecule has 7 heteroatoms. The fraction of sp³-hybridized carbons (Fsp3) is 0.500. The van der Waals surface area contributed by atoms with E-state index in [2.05, 4.69) is 10.3 Å². The summed E-state index contributed by atoms with van der Waals surface area (Å²) in [6, 6.07) is -0.317. The molecule has 94 valence electrons. The van der Waals surface area contributed by atoms with Gasteiger partial charge in [-0.3, -0.25) is 10.1 Å². The van der Waals surface area contributed by atoms with Crippen molar-refractivity contribution in [3.05, 3.63) is 11.1 Å². The van der Waals surface area contributed by atoms with E-state index in [1.807, 2.05) is 6.92 Å². The molecule has 1 aromatic heterocycles. The molecule has 17 heavy (non-hydrogen) atoms. The molecule has 0 aliphatic heterocycles. The van der Waals surface area contributed by atoms with Crippen LogP contribution in [-0.4, -0.2) is 40.1 Å². The molecule has 0 spiro atoms. The van der Waals surface area contributed by atoms with E-state index in [-0.39, 0.29) is 19.0 Å². The van der Waals surface area contributed by atoms with Gasteiger partial charge in [-0.25, -0.2) is 9.78 Å². The maximum absolute atomic E-state index is 11.8. The summed E-state index contributed by atoms with van der Waals surface area (Å²) in [6.07, 6.45) is 1.62. The Hall–Kier alpha value is -1.63. The number of carboxylic acids is 1. The number of thiazole rings is 1. The first-order valence-corrected chi connectivity index (χ1v) is 6.04. The number of rotatable bonds is 5. The van der Waals surface area contributed by atoms with Gasteiger partial charge >= 0.3 is 12.0 Å². The minimum atomic E-state index is -0.915. The molecule has 0 fully saturated rings. The van der Waals surface area contributed by atoms with Crippen LogP contribution in [0.25, 0.3) is 0 Å². The lowest BCUT2D eigenvalue weighted by molar-refractivity contribution is -0.137. The van der Waals surface area contributed by atoms with Crippen LogP contribution in [0.3, 0.4) is 0 Å². The van der Waals surface area contributed by atoms with Gasteiger partial charge in [0.1, 0.15) is 0 Å². The monoisotopic (exact) mass is 257 g/mol. The Morgan fingerprint density at radius 2 is 2.29 bits per heavy atom. The highest BCUT2D eigenvalue weighted by atomic mass is 32.1. The van der Waals surface area contributed by atoms with Crippen LogP contribution in [0.2, 0.25) is 0 Å². The minimum Gasteiger partial charge on any atom is -0.481 e. The van der Waals surface area contributed by atoms with E-state index in [0.29, 0.717) is 11.7 Å². The number of aromatic nitrogens is 1. The fourth-order valence-corrected chi connectivity index (χ4v) is 1.87. The standard InChI is InChI=1S/C10H15N3O3S/c1-3-13(5-4-8(14)15)10(16)12-9-11-6-7(2)17-9/h6H,3-5H2,1-2H3,(H,14,15)(H,11,12,16). The van der Waals surface area contributed by atoms with Crippen LogP contribution in [-0.2, 0) is 4.79 Å². The summed E-state index contributed by atoms with van der Waals surface area (Å²) in [6.45, 7) is 4.36. The lowest BCUT2D eigenvalue weighted by Gasteiger charge is -2.19. The number of aryl methyl sites for hydroxylation is 1. The molecule has 2 amide bonds. The van der Waals surface area contributed by atoms with Crippen molar-refractivity contribution >= 4 is 28.5 Å². The van der Waals surface area contributed by atoms with Crippen molar-refractivity contribution in [2.24, 2.45) is 0 Å². The van der Waals surface area contributed by atoms with Gasteiger partial charge in [-0.15, -0.1) is 11.3 Å². The summed E-state index contributed by atoms with van der Waals surface area (Å²) in [4.78, 5) is 28.6. The first-order chi connectivity index (χ1) is 8.02. The second-order valence-electron chi connectivity index (χ2n) is 3.43. The zero-order valence-electron chi connectivity index (χ0n) is 9.77. The van der Waals surface area contributed by atoms with Crippen molar-refractivity contribution in [3.8, 4) is 0 Å². The van der Waals surface area contributed by atoms with E-state index in [0.717, 1.165) is 4.88 Å². The zero-order chi connectivity index (χ0) is 12.8. The Labute approximate surface area is 103 Å². The van der Waals surface area contributed by atoms with E-state index in [4.69, 9.17) is 5.11 Å². The minimum absolute atomic E-state index is 0.0574. The third kappa shape index (κ3) is 4.39. The van der Waals surface area contributed by atoms with Gasteiger partial charge in [0.2, 0.25) is 0 Å². The van der Waals surface area contributed by atoms with Crippen molar-refractivity contribution < 1.29 is 14.7 Å². The first-order valence-electron chi connectivity index (χ1n) is 5.23. The van der Waals surface area contributed by atoms with E-state index >= 15 is 0 Å². The van der Waals surface area contributed by atoms with E-state index in [9.17, 15) is 9.59 Å². The average Bonchev–Trinajstić information content (AvgIpc) is 2.64. The maximum atomic E-state index is 11.8. The number of carbonyl (C=O) groups is 2. The molecule has 0 aliphatic carbocycles. The van der Waals surface area contributed by atoms with Crippen LogP contribution in [0.4, 0.5) is 9.93 Å². The molecule has 6 nitrogen and oxygen atoms in total. The number of nitrogens with one attached hydrogen (secondary N) is 1. The molecule has 2 N–H and O–H groups in total. The number of hydrogen-bond donors (Lipinski definition) is 2. The van der Waals surface area contributed by atoms with E-state index < -0.39 is 5.97 Å². The van der Waals surface area contributed by atoms with Crippen LogP contribution in [0, 0.1) is 6.92 Å². The van der Waals surface area contributed by atoms with E-state index in [1.54, 1.807) is 13.1 Å².